The summed E-state index contributed by atoms with van der Waals surface area (Å²) in [5.41, 5.74) is 0. The van der Waals surface area contributed by atoms with Crippen molar-refractivity contribution >= 4 is 11.9 Å². The van der Waals surface area contributed by atoms with Crippen LogP contribution < -0.4 is 5.32 Å². The van der Waals surface area contributed by atoms with E-state index in [0.29, 0.717) is 19.4 Å². The van der Waals surface area contributed by atoms with Crippen LogP contribution in [0.15, 0.2) is 60.8 Å². The third-order valence-corrected chi connectivity index (χ3v) is 14.8. The van der Waals surface area contributed by atoms with Gasteiger partial charge in [-0.3, -0.25) is 9.59 Å². The molecule has 1 amide bonds. The van der Waals surface area contributed by atoms with Gasteiger partial charge in [0.1, 0.15) is 0 Å². The molecule has 0 spiro atoms. The summed E-state index contributed by atoms with van der Waals surface area (Å²) in [4.78, 5) is 24.6. The Balaban J connectivity index is 3.53. The molecule has 0 aromatic rings. The lowest BCUT2D eigenvalue weighted by Crippen LogP contribution is -2.45. The van der Waals surface area contributed by atoms with E-state index in [1.165, 1.54) is 212 Å². The van der Waals surface area contributed by atoms with Crippen LogP contribution in [-0.4, -0.2) is 47.4 Å². The lowest BCUT2D eigenvalue weighted by Gasteiger charge is -2.20. The van der Waals surface area contributed by atoms with Crippen LogP contribution >= 0.6 is 0 Å². The molecule has 6 nitrogen and oxygen atoms in total. The maximum absolute atomic E-state index is 12.5. The molecule has 0 radical (unpaired) electrons. The molecule has 432 valence electrons. The first-order valence-electron chi connectivity index (χ1n) is 32.6. The van der Waals surface area contributed by atoms with E-state index < -0.39 is 12.1 Å². The van der Waals surface area contributed by atoms with Crippen LogP contribution in [0.4, 0.5) is 0 Å². The fraction of sp³-hybridized carbons (Fsp3) is 0.824. The zero-order valence-electron chi connectivity index (χ0n) is 49.3. The van der Waals surface area contributed by atoms with Gasteiger partial charge in [0.25, 0.3) is 0 Å². The van der Waals surface area contributed by atoms with E-state index >= 15 is 0 Å². The average Bonchev–Trinajstić information content (AvgIpc) is 3.40. The molecule has 0 saturated carbocycles. The number of amides is 1. The van der Waals surface area contributed by atoms with Crippen LogP contribution in [0.3, 0.4) is 0 Å². The smallest absolute Gasteiger partial charge is 0.305 e. The molecule has 0 aliphatic carbocycles. The summed E-state index contributed by atoms with van der Waals surface area (Å²) in [6.07, 6.45) is 82.7. The van der Waals surface area contributed by atoms with Crippen LogP contribution in [0.5, 0.6) is 0 Å². The number of ether oxygens (including phenoxy) is 1. The summed E-state index contributed by atoms with van der Waals surface area (Å²) >= 11 is 0. The Morgan fingerprint density at radius 1 is 0.378 bits per heavy atom. The molecule has 2 atom stereocenters. The van der Waals surface area contributed by atoms with Crippen LogP contribution in [-0.2, 0) is 14.3 Å². The highest BCUT2D eigenvalue weighted by molar-refractivity contribution is 5.76. The quantitative estimate of drug-likeness (QED) is 0.0320. The second-order valence-corrected chi connectivity index (χ2v) is 22.1. The van der Waals surface area contributed by atoms with Gasteiger partial charge in [-0.25, -0.2) is 0 Å². The van der Waals surface area contributed by atoms with Crippen molar-refractivity contribution in [1.29, 1.82) is 0 Å². The van der Waals surface area contributed by atoms with E-state index in [4.69, 9.17) is 4.74 Å². The Kier molecular flexibility index (Phi) is 61.0. The summed E-state index contributed by atoms with van der Waals surface area (Å²) in [5, 5.41) is 23.2. The zero-order chi connectivity index (χ0) is 53.6. The normalized spacial score (nSPS) is 13.0. The standard InChI is InChI=1S/C68H125NO5/c1-3-5-7-9-11-13-15-17-19-21-22-23-24-25-26-27-29-32-36-40-44-48-52-56-60-66(71)65(64-70)69-67(72)61-57-53-49-45-41-37-33-30-28-31-35-39-43-47-51-55-59-63-74-68(73)62-58-54-50-46-42-38-34-20-18-16-14-12-10-8-6-4-2/h14,16,20,28,31,34,39,43,56,60,65-66,70-71H,3-13,15,17-19,21-27,29-30,32-33,35-38,40-42,44-55,57-59,61-64H2,1-2H3,(H,69,72)/b16-14-,31-28-,34-20-,43-39-,60-56+. The number of aliphatic hydroxyl groups is 2. The first kappa shape index (κ1) is 71.6. The summed E-state index contributed by atoms with van der Waals surface area (Å²) < 4.78 is 5.45. The summed E-state index contributed by atoms with van der Waals surface area (Å²) in [7, 11) is 0. The minimum Gasteiger partial charge on any atom is -0.466 e. The molecule has 0 aromatic carbocycles. The van der Waals surface area contributed by atoms with Gasteiger partial charge < -0.3 is 20.3 Å². The van der Waals surface area contributed by atoms with Crippen molar-refractivity contribution in [3.8, 4) is 0 Å². The molecule has 6 heteroatoms. The molecular formula is C68H125NO5. The number of allylic oxidation sites excluding steroid dienone is 9. The fourth-order valence-electron chi connectivity index (χ4n) is 9.75. The summed E-state index contributed by atoms with van der Waals surface area (Å²) in [5.74, 6) is -0.113. The van der Waals surface area contributed by atoms with Crippen molar-refractivity contribution < 1.29 is 24.5 Å². The number of aliphatic hydroxyl groups excluding tert-OH is 2. The maximum atomic E-state index is 12.5. The van der Waals surface area contributed by atoms with Crippen LogP contribution in [0, 0.1) is 0 Å². The van der Waals surface area contributed by atoms with E-state index in [2.05, 4.69) is 67.8 Å². The number of carbonyl (C=O) groups excluding carboxylic acids is 2. The maximum Gasteiger partial charge on any atom is 0.305 e. The minimum atomic E-state index is -0.858. The molecule has 3 N–H and O–H groups in total. The topological polar surface area (TPSA) is 95.9 Å². The van der Waals surface area contributed by atoms with Gasteiger partial charge in [-0.05, 0) is 103 Å². The van der Waals surface area contributed by atoms with E-state index in [0.717, 1.165) is 96.3 Å². The van der Waals surface area contributed by atoms with E-state index in [9.17, 15) is 19.8 Å². The van der Waals surface area contributed by atoms with Crippen LogP contribution in [0.1, 0.15) is 335 Å². The molecule has 0 saturated heterocycles. The number of rotatable bonds is 60. The monoisotopic (exact) mass is 1040 g/mol. The van der Waals surface area contributed by atoms with Gasteiger partial charge in [0.2, 0.25) is 5.91 Å². The minimum absolute atomic E-state index is 0.0300. The second kappa shape index (κ2) is 63.1. The highest BCUT2D eigenvalue weighted by Crippen LogP contribution is 2.17. The van der Waals surface area contributed by atoms with Crippen molar-refractivity contribution in [3.05, 3.63) is 60.8 Å². The third-order valence-electron chi connectivity index (χ3n) is 14.8. The molecule has 0 aliphatic rings. The molecule has 0 heterocycles. The number of hydrogen-bond acceptors (Lipinski definition) is 5. The van der Waals surface area contributed by atoms with Crippen LogP contribution in [0.25, 0.3) is 0 Å². The molecular weight excluding hydrogens is 911 g/mol. The van der Waals surface area contributed by atoms with Gasteiger partial charge in [0.05, 0.1) is 25.4 Å². The Hall–Kier alpha value is -2.44. The number of unbranched alkanes of at least 4 members (excludes halogenated alkanes) is 41. The Bertz CT molecular complexity index is 1290. The number of esters is 1. The third kappa shape index (κ3) is 58.8. The van der Waals surface area contributed by atoms with E-state index in [-0.39, 0.29) is 18.5 Å². The van der Waals surface area contributed by atoms with Crippen molar-refractivity contribution in [2.45, 2.75) is 347 Å². The molecule has 2 unspecified atom stereocenters. The fourth-order valence-corrected chi connectivity index (χ4v) is 9.75. The van der Waals surface area contributed by atoms with Gasteiger partial charge >= 0.3 is 5.97 Å². The van der Waals surface area contributed by atoms with Gasteiger partial charge in [0.15, 0.2) is 0 Å². The van der Waals surface area contributed by atoms with Crippen molar-refractivity contribution in [2.24, 2.45) is 0 Å². The molecule has 0 fully saturated rings. The van der Waals surface area contributed by atoms with Crippen LogP contribution in [0.2, 0.25) is 0 Å². The first-order chi connectivity index (χ1) is 36.5. The SMILES string of the molecule is CCCCCC/C=C\C/C=C\CCCCCCCC(=O)OCCCCC/C=C\C/C=C\CCCCCCCCCC(=O)NC(CO)C(O)/C=C/CCCCCCCCCCCCCCCCCCCCCCCC. The van der Waals surface area contributed by atoms with Crippen molar-refractivity contribution in [3.63, 3.8) is 0 Å². The Labute approximate surface area is 460 Å². The predicted molar refractivity (Wildman–Crippen MR) is 324 cm³/mol. The molecule has 74 heavy (non-hydrogen) atoms. The Morgan fingerprint density at radius 2 is 0.676 bits per heavy atom. The van der Waals surface area contributed by atoms with Crippen molar-refractivity contribution in [2.75, 3.05) is 13.2 Å². The molecule has 0 aromatic heterocycles. The van der Waals surface area contributed by atoms with Gasteiger partial charge in [-0.2, -0.15) is 0 Å². The van der Waals surface area contributed by atoms with E-state index in [1.54, 1.807) is 6.08 Å². The average molecular weight is 1040 g/mol. The number of carbonyl (C=O) groups is 2. The van der Waals surface area contributed by atoms with Crippen molar-refractivity contribution in [1.82, 2.24) is 5.32 Å². The predicted octanol–water partition coefficient (Wildman–Crippen LogP) is 20.7. The van der Waals surface area contributed by atoms with E-state index in [1.807, 2.05) is 6.08 Å². The summed E-state index contributed by atoms with van der Waals surface area (Å²) in [6, 6.07) is -0.643. The molecule has 0 rings (SSSR count). The highest BCUT2D eigenvalue weighted by atomic mass is 16.5. The molecule has 0 aliphatic heterocycles. The largest absolute Gasteiger partial charge is 0.466 e. The Morgan fingerprint density at radius 3 is 1.04 bits per heavy atom. The lowest BCUT2D eigenvalue weighted by molar-refractivity contribution is -0.143. The first-order valence-corrected chi connectivity index (χ1v) is 32.6. The number of nitrogens with one attached hydrogen (secondary N) is 1. The lowest BCUT2D eigenvalue weighted by atomic mass is 10.0. The van der Waals surface area contributed by atoms with Gasteiger partial charge in [-0.1, -0.05) is 280 Å². The summed E-state index contributed by atoms with van der Waals surface area (Å²) in [6.45, 7) is 4.85. The number of hydrogen-bond donors (Lipinski definition) is 3. The van der Waals surface area contributed by atoms with Gasteiger partial charge in [0, 0.05) is 12.8 Å². The van der Waals surface area contributed by atoms with Gasteiger partial charge in [-0.15, -0.1) is 0 Å². The molecule has 0 bridgehead atoms. The zero-order valence-corrected chi connectivity index (χ0v) is 49.3. The highest BCUT2D eigenvalue weighted by Gasteiger charge is 2.18. The second-order valence-electron chi connectivity index (χ2n) is 22.1.